The molecule has 0 aromatic heterocycles. The number of carbonyl (C=O) groups excluding carboxylic acids is 1. The zero-order valence-corrected chi connectivity index (χ0v) is 10.9. The Bertz CT molecular complexity index is 432. The van der Waals surface area contributed by atoms with Crippen molar-refractivity contribution in [2.75, 3.05) is 27.2 Å². The second-order valence-corrected chi connectivity index (χ2v) is 4.37. The number of nitrogens with one attached hydrogen (secondary N) is 1. The quantitative estimate of drug-likeness (QED) is 0.807. The molecular weight excluding hydrogens is 257 g/mol. The topological polar surface area (TPSA) is 32.3 Å². The average Bonchev–Trinajstić information content (AvgIpc) is 2.35. The smallest absolute Gasteiger partial charge is 0.318 e. The van der Waals surface area contributed by atoms with Gasteiger partial charge in [-0.15, -0.1) is 0 Å². The Kier molecular flexibility index (Phi) is 5.50. The number of likely N-dealkylation sites (N-methyl/N-ethyl adjacent to an activating group) is 2. The third-order valence-corrected chi connectivity index (χ3v) is 2.76. The van der Waals surface area contributed by atoms with Crippen LogP contribution in [0.1, 0.15) is 21.5 Å². The van der Waals surface area contributed by atoms with E-state index in [-0.39, 0.29) is 17.7 Å². The predicted molar refractivity (Wildman–Crippen MR) is 67.1 cm³/mol. The molecule has 0 spiro atoms. The van der Waals surface area contributed by atoms with Crippen LogP contribution in [0.5, 0.6) is 0 Å². The van der Waals surface area contributed by atoms with E-state index in [1.807, 2.05) is 0 Å². The van der Waals surface area contributed by atoms with Gasteiger partial charge in [0.1, 0.15) is 6.29 Å². The maximum Gasteiger partial charge on any atom is 0.416 e. The van der Waals surface area contributed by atoms with Gasteiger partial charge in [-0.1, -0.05) is 12.1 Å². The van der Waals surface area contributed by atoms with Crippen molar-refractivity contribution < 1.29 is 18.0 Å². The van der Waals surface area contributed by atoms with Gasteiger partial charge >= 0.3 is 6.18 Å². The zero-order chi connectivity index (χ0) is 14.5. The van der Waals surface area contributed by atoms with Gasteiger partial charge in [0.05, 0.1) is 5.56 Å². The van der Waals surface area contributed by atoms with Crippen molar-refractivity contribution in [2.45, 2.75) is 12.7 Å². The van der Waals surface area contributed by atoms with E-state index in [1.54, 1.807) is 19.0 Å². The largest absolute Gasteiger partial charge is 0.416 e. The molecule has 0 amide bonds. The van der Waals surface area contributed by atoms with E-state index in [0.717, 1.165) is 6.07 Å². The molecule has 1 rings (SSSR count). The molecule has 0 fully saturated rings. The van der Waals surface area contributed by atoms with Crippen LogP contribution in [0.3, 0.4) is 0 Å². The van der Waals surface area contributed by atoms with Gasteiger partial charge in [0.25, 0.3) is 0 Å². The Hall–Kier alpha value is -1.40. The first-order valence-corrected chi connectivity index (χ1v) is 5.87. The van der Waals surface area contributed by atoms with E-state index >= 15 is 0 Å². The monoisotopic (exact) mass is 274 g/mol. The van der Waals surface area contributed by atoms with E-state index in [4.69, 9.17) is 0 Å². The van der Waals surface area contributed by atoms with Crippen LogP contribution in [0.25, 0.3) is 0 Å². The molecular formula is C13H17F3N2O. The second kappa shape index (κ2) is 6.68. The standard InChI is InChI=1S/C13H17F3N2O/c1-17-5-6-18(2)8-11-4-3-10(9-19)7-12(11)13(14,15)16/h3-4,7,9,17H,5-6,8H2,1-2H3. The second-order valence-electron chi connectivity index (χ2n) is 4.37. The number of aldehydes is 1. The highest BCUT2D eigenvalue weighted by Gasteiger charge is 2.33. The van der Waals surface area contributed by atoms with Crippen molar-refractivity contribution >= 4 is 6.29 Å². The van der Waals surface area contributed by atoms with Gasteiger partial charge in [0.2, 0.25) is 0 Å². The molecule has 0 saturated heterocycles. The molecule has 6 heteroatoms. The minimum Gasteiger partial charge on any atom is -0.318 e. The van der Waals surface area contributed by atoms with Crippen molar-refractivity contribution in [3.63, 3.8) is 0 Å². The fraction of sp³-hybridized carbons (Fsp3) is 0.462. The van der Waals surface area contributed by atoms with Crippen molar-refractivity contribution in [3.05, 3.63) is 34.9 Å². The normalized spacial score (nSPS) is 11.9. The highest BCUT2D eigenvalue weighted by Crippen LogP contribution is 2.33. The Balaban J connectivity index is 2.96. The number of nitrogens with zero attached hydrogens (tertiary/aromatic N) is 1. The summed E-state index contributed by atoms with van der Waals surface area (Å²) >= 11 is 0. The van der Waals surface area contributed by atoms with Crippen LogP contribution < -0.4 is 5.32 Å². The highest BCUT2D eigenvalue weighted by atomic mass is 19.4. The minimum absolute atomic E-state index is 0.0361. The van der Waals surface area contributed by atoms with Crippen molar-refractivity contribution in [3.8, 4) is 0 Å². The summed E-state index contributed by atoms with van der Waals surface area (Å²) in [6.07, 6.45) is -4.03. The van der Waals surface area contributed by atoms with E-state index in [1.165, 1.54) is 12.1 Å². The number of alkyl halides is 3. The van der Waals surface area contributed by atoms with Crippen LogP contribution in [0.4, 0.5) is 13.2 Å². The molecule has 0 atom stereocenters. The van der Waals surface area contributed by atoms with Gasteiger partial charge in [0.15, 0.2) is 0 Å². The Labute approximate surface area is 110 Å². The minimum atomic E-state index is -4.45. The van der Waals surface area contributed by atoms with Gasteiger partial charge < -0.3 is 10.2 Å². The van der Waals surface area contributed by atoms with E-state index < -0.39 is 11.7 Å². The molecule has 19 heavy (non-hydrogen) atoms. The molecule has 0 heterocycles. The molecule has 1 N–H and O–H groups in total. The molecule has 1 aromatic carbocycles. The number of rotatable bonds is 6. The number of halogens is 3. The Morgan fingerprint density at radius 1 is 1.37 bits per heavy atom. The van der Waals surface area contributed by atoms with Gasteiger partial charge in [-0.05, 0) is 25.7 Å². The van der Waals surface area contributed by atoms with Crippen LogP contribution in [0.2, 0.25) is 0 Å². The molecule has 0 saturated carbocycles. The molecule has 0 unspecified atom stereocenters. The molecule has 1 aromatic rings. The number of hydrogen-bond donors (Lipinski definition) is 1. The summed E-state index contributed by atoms with van der Waals surface area (Å²) in [7, 11) is 3.54. The zero-order valence-electron chi connectivity index (χ0n) is 10.9. The fourth-order valence-corrected chi connectivity index (χ4v) is 1.74. The maximum absolute atomic E-state index is 12.9. The fourth-order valence-electron chi connectivity index (χ4n) is 1.74. The lowest BCUT2D eigenvalue weighted by Gasteiger charge is -2.20. The van der Waals surface area contributed by atoms with Gasteiger partial charge in [-0.25, -0.2) is 0 Å². The molecule has 106 valence electrons. The summed E-state index contributed by atoms with van der Waals surface area (Å²) < 4.78 is 38.8. The summed E-state index contributed by atoms with van der Waals surface area (Å²) in [5.74, 6) is 0. The third-order valence-electron chi connectivity index (χ3n) is 2.76. The lowest BCUT2D eigenvalue weighted by molar-refractivity contribution is -0.138. The van der Waals surface area contributed by atoms with Gasteiger partial charge in [-0.2, -0.15) is 13.2 Å². The van der Waals surface area contributed by atoms with Crippen LogP contribution in [-0.4, -0.2) is 38.4 Å². The Morgan fingerprint density at radius 2 is 2.05 bits per heavy atom. The lowest BCUT2D eigenvalue weighted by Crippen LogP contribution is -2.28. The van der Waals surface area contributed by atoms with Gasteiger partial charge in [0, 0.05) is 25.2 Å². The third kappa shape index (κ3) is 4.65. The predicted octanol–water partition coefficient (Wildman–Crippen LogP) is 2.17. The summed E-state index contributed by atoms with van der Waals surface area (Å²) in [6.45, 7) is 1.53. The SMILES string of the molecule is CNCCN(C)Cc1ccc(C=O)cc1C(F)(F)F. The average molecular weight is 274 g/mol. The molecule has 0 aliphatic heterocycles. The summed E-state index contributed by atoms with van der Waals surface area (Å²) in [5.41, 5.74) is -0.529. The van der Waals surface area contributed by atoms with Crippen LogP contribution in [0, 0.1) is 0 Å². The van der Waals surface area contributed by atoms with Crippen molar-refractivity contribution in [2.24, 2.45) is 0 Å². The van der Waals surface area contributed by atoms with Crippen LogP contribution in [-0.2, 0) is 12.7 Å². The lowest BCUT2D eigenvalue weighted by atomic mass is 10.0. The molecule has 0 aliphatic carbocycles. The highest BCUT2D eigenvalue weighted by molar-refractivity contribution is 5.75. The molecule has 0 radical (unpaired) electrons. The first-order chi connectivity index (χ1) is 8.88. The number of hydrogen-bond acceptors (Lipinski definition) is 3. The molecule has 0 aliphatic rings. The maximum atomic E-state index is 12.9. The van der Waals surface area contributed by atoms with Gasteiger partial charge in [-0.3, -0.25) is 4.79 Å². The Morgan fingerprint density at radius 3 is 2.58 bits per heavy atom. The summed E-state index contributed by atoms with van der Waals surface area (Å²) in [4.78, 5) is 12.4. The number of carbonyl (C=O) groups is 1. The first-order valence-electron chi connectivity index (χ1n) is 5.87. The molecule has 0 bridgehead atoms. The molecule has 3 nitrogen and oxygen atoms in total. The van der Waals surface area contributed by atoms with E-state index in [2.05, 4.69) is 5.32 Å². The summed E-state index contributed by atoms with van der Waals surface area (Å²) in [5, 5.41) is 2.94. The van der Waals surface area contributed by atoms with Crippen molar-refractivity contribution in [1.82, 2.24) is 10.2 Å². The van der Waals surface area contributed by atoms with Crippen molar-refractivity contribution in [1.29, 1.82) is 0 Å². The van der Waals surface area contributed by atoms with Crippen LogP contribution in [0.15, 0.2) is 18.2 Å². The summed E-state index contributed by atoms with van der Waals surface area (Å²) in [6, 6.07) is 3.67. The first kappa shape index (κ1) is 15.7. The number of benzene rings is 1. The van der Waals surface area contributed by atoms with E-state index in [0.29, 0.717) is 19.4 Å². The van der Waals surface area contributed by atoms with Crippen LogP contribution >= 0.6 is 0 Å². The van der Waals surface area contributed by atoms with E-state index in [9.17, 15) is 18.0 Å².